The summed E-state index contributed by atoms with van der Waals surface area (Å²) >= 11 is 1.40. The molecule has 2 aromatic rings. The Hall–Kier alpha value is -2.33. The topological polar surface area (TPSA) is 32.7 Å². The molecule has 0 aromatic heterocycles. The summed E-state index contributed by atoms with van der Waals surface area (Å²) < 4.78 is 0. The van der Waals surface area contributed by atoms with Crippen molar-refractivity contribution in [1.82, 2.24) is 0 Å². The summed E-state index contributed by atoms with van der Waals surface area (Å²) in [6.07, 6.45) is 1.90. The van der Waals surface area contributed by atoms with Crippen LogP contribution in [-0.4, -0.2) is 18.1 Å². The zero-order valence-electron chi connectivity index (χ0n) is 11.6. The molecule has 2 aromatic carbocycles. The molecule has 1 fully saturated rings. The van der Waals surface area contributed by atoms with Crippen LogP contribution in [-0.2, 0) is 4.79 Å². The van der Waals surface area contributed by atoms with Crippen LogP contribution in [0, 0.1) is 0 Å². The molecule has 3 rings (SSSR count). The molecule has 0 unspecified atom stereocenters. The van der Waals surface area contributed by atoms with Gasteiger partial charge < -0.3 is 0 Å². The smallest absolute Gasteiger partial charge is 0.268 e. The van der Waals surface area contributed by atoms with Gasteiger partial charge in [0.1, 0.15) is 0 Å². The fourth-order valence-electron chi connectivity index (χ4n) is 2.13. The Labute approximate surface area is 128 Å². The van der Waals surface area contributed by atoms with Gasteiger partial charge >= 0.3 is 0 Å². The van der Waals surface area contributed by atoms with Crippen molar-refractivity contribution in [3.8, 4) is 0 Å². The first-order valence-corrected chi connectivity index (χ1v) is 7.42. The van der Waals surface area contributed by atoms with Gasteiger partial charge in [-0.3, -0.25) is 14.7 Å². The van der Waals surface area contributed by atoms with Crippen LogP contribution < -0.4 is 4.90 Å². The van der Waals surface area contributed by atoms with E-state index in [1.807, 2.05) is 66.7 Å². The summed E-state index contributed by atoms with van der Waals surface area (Å²) in [5.74, 6) is -0.0318. The van der Waals surface area contributed by atoms with Gasteiger partial charge in [-0.15, -0.1) is 0 Å². The minimum Gasteiger partial charge on any atom is -0.268 e. The van der Waals surface area contributed by atoms with Crippen LogP contribution in [0.15, 0.2) is 70.6 Å². The molecule has 21 heavy (non-hydrogen) atoms. The highest BCUT2D eigenvalue weighted by molar-refractivity contribution is 8.19. The number of thioether (sulfide) groups is 1. The van der Waals surface area contributed by atoms with E-state index in [0.29, 0.717) is 10.1 Å². The largest absolute Gasteiger partial charge is 0.271 e. The van der Waals surface area contributed by atoms with Crippen molar-refractivity contribution in [2.45, 2.75) is 0 Å². The van der Waals surface area contributed by atoms with Crippen molar-refractivity contribution >= 4 is 34.6 Å². The van der Waals surface area contributed by atoms with Crippen LogP contribution in [0.1, 0.15) is 5.56 Å². The molecular formula is C17H14N2OS. The highest BCUT2D eigenvalue weighted by Gasteiger charge is 2.33. The molecule has 1 amide bonds. The van der Waals surface area contributed by atoms with E-state index in [2.05, 4.69) is 4.99 Å². The molecule has 1 heterocycles. The minimum absolute atomic E-state index is 0.0318. The lowest BCUT2D eigenvalue weighted by Crippen LogP contribution is -2.28. The monoisotopic (exact) mass is 294 g/mol. The van der Waals surface area contributed by atoms with E-state index in [0.717, 1.165) is 11.3 Å². The Kier molecular flexibility index (Phi) is 3.88. The lowest BCUT2D eigenvalue weighted by Gasteiger charge is -2.14. The Morgan fingerprint density at radius 1 is 1.00 bits per heavy atom. The number of hydrogen-bond donors (Lipinski definition) is 0. The first-order chi connectivity index (χ1) is 10.3. The number of amides is 1. The molecule has 1 aliphatic rings. The number of aliphatic imine (C=N–C) groups is 1. The second kappa shape index (κ2) is 5.97. The minimum atomic E-state index is -0.0318. The van der Waals surface area contributed by atoms with Crippen molar-refractivity contribution in [3.63, 3.8) is 0 Å². The van der Waals surface area contributed by atoms with E-state index in [4.69, 9.17) is 0 Å². The predicted molar refractivity (Wildman–Crippen MR) is 89.3 cm³/mol. The Bertz CT molecular complexity index is 708. The molecule has 4 heteroatoms. The average Bonchev–Trinajstić information content (AvgIpc) is 2.85. The molecular weight excluding hydrogens is 280 g/mol. The third-order valence-electron chi connectivity index (χ3n) is 3.11. The van der Waals surface area contributed by atoms with Gasteiger partial charge in [0.25, 0.3) is 5.91 Å². The zero-order chi connectivity index (χ0) is 14.7. The van der Waals surface area contributed by atoms with Crippen LogP contribution in [0.4, 0.5) is 5.69 Å². The van der Waals surface area contributed by atoms with Gasteiger partial charge in [-0.1, -0.05) is 48.5 Å². The average molecular weight is 294 g/mol. The van der Waals surface area contributed by atoms with E-state index in [-0.39, 0.29) is 5.91 Å². The number of benzene rings is 2. The van der Waals surface area contributed by atoms with Crippen molar-refractivity contribution in [1.29, 1.82) is 0 Å². The van der Waals surface area contributed by atoms with Crippen molar-refractivity contribution in [2.24, 2.45) is 4.99 Å². The van der Waals surface area contributed by atoms with Gasteiger partial charge in [0.05, 0.1) is 10.6 Å². The van der Waals surface area contributed by atoms with Gasteiger partial charge in [-0.2, -0.15) is 0 Å². The van der Waals surface area contributed by atoms with Gasteiger partial charge in [0.2, 0.25) is 0 Å². The normalized spacial score (nSPS) is 18.7. The number of hydrogen-bond acceptors (Lipinski definition) is 3. The third-order valence-corrected chi connectivity index (χ3v) is 4.17. The molecule has 3 nitrogen and oxygen atoms in total. The van der Waals surface area contributed by atoms with E-state index < -0.39 is 0 Å². The van der Waals surface area contributed by atoms with Crippen molar-refractivity contribution < 1.29 is 4.79 Å². The number of rotatable bonds is 2. The maximum absolute atomic E-state index is 12.6. The number of carbonyl (C=O) groups excluding carboxylic acids is 1. The zero-order valence-corrected chi connectivity index (χ0v) is 12.4. The second-order valence-electron chi connectivity index (χ2n) is 4.50. The number of carbonyl (C=O) groups is 1. The molecule has 1 aliphatic heterocycles. The molecule has 0 radical (unpaired) electrons. The number of nitrogens with zero attached hydrogens (tertiary/aromatic N) is 2. The van der Waals surface area contributed by atoms with Crippen LogP contribution in [0.2, 0.25) is 0 Å². The first-order valence-electron chi connectivity index (χ1n) is 6.60. The van der Waals surface area contributed by atoms with Crippen LogP contribution in [0.3, 0.4) is 0 Å². The predicted octanol–water partition coefficient (Wildman–Crippen LogP) is 3.79. The van der Waals surface area contributed by atoms with E-state index in [1.165, 1.54) is 11.8 Å². The maximum Gasteiger partial charge on any atom is 0.271 e. The van der Waals surface area contributed by atoms with Crippen molar-refractivity contribution in [2.75, 3.05) is 11.9 Å². The van der Waals surface area contributed by atoms with Crippen molar-refractivity contribution in [3.05, 3.63) is 71.1 Å². The molecule has 0 atom stereocenters. The third kappa shape index (κ3) is 2.76. The quantitative estimate of drug-likeness (QED) is 0.789. The Morgan fingerprint density at radius 3 is 2.24 bits per heavy atom. The lowest BCUT2D eigenvalue weighted by molar-refractivity contribution is -0.113. The SMILES string of the molecule is CN=C1S/C(=C\c2ccccc2)C(=O)N1c1ccccc1. The van der Waals surface area contributed by atoms with Gasteiger partial charge in [-0.05, 0) is 35.5 Å². The molecule has 0 aliphatic carbocycles. The summed E-state index contributed by atoms with van der Waals surface area (Å²) in [4.78, 5) is 19.2. The van der Waals surface area contributed by atoms with E-state index >= 15 is 0 Å². The Balaban J connectivity index is 1.98. The fraction of sp³-hybridized carbons (Fsp3) is 0.0588. The first kappa shape index (κ1) is 13.6. The van der Waals surface area contributed by atoms with Gasteiger partial charge in [0, 0.05) is 7.05 Å². The summed E-state index contributed by atoms with van der Waals surface area (Å²) in [6, 6.07) is 19.4. The van der Waals surface area contributed by atoms with Crippen LogP contribution in [0.5, 0.6) is 0 Å². The fourth-order valence-corrected chi connectivity index (χ4v) is 3.07. The summed E-state index contributed by atoms with van der Waals surface area (Å²) in [5.41, 5.74) is 1.85. The maximum atomic E-state index is 12.6. The molecule has 0 bridgehead atoms. The summed E-state index contributed by atoms with van der Waals surface area (Å²) in [6.45, 7) is 0. The number of anilines is 1. The molecule has 104 valence electrons. The molecule has 0 spiro atoms. The van der Waals surface area contributed by atoms with Gasteiger partial charge in [-0.25, -0.2) is 0 Å². The molecule has 0 N–H and O–H groups in total. The summed E-state index contributed by atoms with van der Waals surface area (Å²) in [7, 11) is 1.71. The number of amidine groups is 1. The van der Waals surface area contributed by atoms with Crippen LogP contribution in [0.25, 0.3) is 6.08 Å². The van der Waals surface area contributed by atoms with Crippen LogP contribution >= 0.6 is 11.8 Å². The van der Waals surface area contributed by atoms with E-state index in [9.17, 15) is 4.79 Å². The Morgan fingerprint density at radius 2 is 1.62 bits per heavy atom. The summed E-state index contributed by atoms with van der Waals surface area (Å²) in [5, 5.41) is 0.702. The lowest BCUT2D eigenvalue weighted by atomic mass is 10.2. The standard InChI is InChI=1S/C17H14N2OS/c1-18-17-19(14-10-6-3-7-11-14)16(20)15(21-17)12-13-8-4-2-5-9-13/h2-12H,1H3/b15-12-,18-17?. The highest BCUT2D eigenvalue weighted by atomic mass is 32.2. The number of para-hydroxylation sites is 1. The van der Waals surface area contributed by atoms with E-state index in [1.54, 1.807) is 11.9 Å². The second-order valence-corrected chi connectivity index (χ2v) is 5.51. The highest BCUT2D eigenvalue weighted by Crippen LogP contribution is 2.35. The van der Waals surface area contributed by atoms with Gasteiger partial charge in [0.15, 0.2) is 5.17 Å². The molecule has 0 saturated carbocycles. The molecule has 1 saturated heterocycles.